The topological polar surface area (TPSA) is 76.2 Å². The average Bonchev–Trinajstić information content (AvgIpc) is 3.29. The molecule has 1 saturated carbocycles. The number of morpholine rings is 1. The molecule has 1 atom stereocenters. The Bertz CT molecular complexity index is 1000. The van der Waals surface area contributed by atoms with E-state index < -0.39 is 11.9 Å². The Kier molecular flexibility index (Phi) is 9.59. The van der Waals surface area contributed by atoms with Gasteiger partial charge >= 0.3 is 5.97 Å². The molecule has 0 bridgehead atoms. The van der Waals surface area contributed by atoms with Crippen molar-refractivity contribution in [2.45, 2.75) is 60.3 Å². The molecular formula is C28H40N2O5S. The third-order valence-electron chi connectivity index (χ3n) is 6.77. The highest BCUT2D eigenvalue weighted by Gasteiger charge is 2.35. The minimum absolute atomic E-state index is 0.00374. The zero-order chi connectivity index (χ0) is 26.5. The summed E-state index contributed by atoms with van der Waals surface area (Å²) in [5.74, 6) is 5.90. The molecule has 2 heterocycles. The number of methoxy groups -OCH3 is 1. The fraction of sp³-hybridized carbons (Fsp3) is 0.679. The number of ether oxygens (including phenoxy) is 2. The fourth-order valence-corrected chi connectivity index (χ4v) is 5.55. The van der Waals surface area contributed by atoms with E-state index in [-0.39, 0.29) is 29.7 Å². The molecule has 1 aromatic heterocycles. The first kappa shape index (κ1) is 28.2. The number of anilines is 1. The lowest BCUT2D eigenvalue weighted by atomic mass is 9.82. The van der Waals surface area contributed by atoms with Crippen LogP contribution in [0.25, 0.3) is 0 Å². The van der Waals surface area contributed by atoms with Gasteiger partial charge in [-0.1, -0.05) is 25.7 Å². The van der Waals surface area contributed by atoms with Gasteiger partial charge in [-0.15, -0.1) is 11.3 Å². The van der Waals surface area contributed by atoms with Gasteiger partial charge < -0.3 is 19.3 Å². The van der Waals surface area contributed by atoms with Crippen molar-refractivity contribution in [2.75, 3.05) is 44.9 Å². The molecule has 198 valence electrons. The second kappa shape index (κ2) is 12.2. The van der Waals surface area contributed by atoms with Crippen LogP contribution in [0.2, 0.25) is 0 Å². The molecule has 7 nitrogen and oxygen atoms in total. The lowest BCUT2D eigenvalue weighted by Gasteiger charge is -2.34. The summed E-state index contributed by atoms with van der Waals surface area (Å²) in [4.78, 5) is 44.4. The number of thiophene rings is 1. The molecule has 1 aromatic rings. The van der Waals surface area contributed by atoms with Crippen molar-refractivity contribution in [3.05, 3.63) is 15.8 Å². The van der Waals surface area contributed by atoms with E-state index in [4.69, 9.17) is 9.47 Å². The van der Waals surface area contributed by atoms with Crippen LogP contribution in [-0.4, -0.2) is 62.6 Å². The predicted molar refractivity (Wildman–Crippen MR) is 142 cm³/mol. The van der Waals surface area contributed by atoms with E-state index in [0.29, 0.717) is 47.7 Å². The number of rotatable bonds is 6. The number of nitrogens with zero attached hydrogens (tertiary/aromatic N) is 2. The first-order valence-corrected chi connectivity index (χ1v) is 13.7. The highest BCUT2D eigenvalue weighted by atomic mass is 32.1. The van der Waals surface area contributed by atoms with Crippen LogP contribution in [0, 0.1) is 35.0 Å². The quantitative estimate of drug-likeness (QED) is 0.408. The number of esters is 1. The predicted octanol–water partition coefficient (Wildman–Crippen LogP) is 4.59. The SMILES string of the molecule is COC(=O)c1sc(C#CC(C)(C)C)cc1N(CC(C)C(=O)N1CCOCC1)C(=O)C1CCC(C)CC1. The van der Waals surface area contributed by atoms with Gasteiger partial charge in [-0.05, 0) is 58.4 Å². The maximum Gasteiger partial charge on any atom is 0.350 e. The summed E-state index contributed by atoms with van der Waals surface area (Å²) < 4.78 is 10.5. The molecular weight excluding hydrogens is 476 g/mol. The summed E-state index contributed by atoms with van der Waals surface area (Å²) in [6.07, 6.45) is 3.64. The van der Waals surface area contributed by atoms with E-state index in [1.54, 1.807) is 9.80 Å². The van der Waals surface area contributed by atoms with Crippen LogP contribution >= 0.6 is 11.3 Å². The highest BCUT2D eigenvalue weighted by Crippen LogP contribution is 2.36. The van der Waals surface area contributed by atoms with Gasteiger partial charge in [0.15, 0.2) is 0 Å². The summed E-state index contributed by atoms with van der Waals surface area (Å²) in [5, 5.41) is 0. The zero-order valence-electron chi connectivity index (χ0n) is 22.5. The minimum atomic E-state index is -0.499. The van der Waals surface area contributed by atoms with Crippen molar-refractivity contribution in [1.82, 2.24) is 4.90 Å². The molecule has 1 aliphatic heterocycles. The molecule has 2 aliphatic rings. The van der Waals surface area contributed by atoms with Crippen molar-refractivity contribution < 1.29 is 23.9 Å². The van der Waals surface area contributed by atoms with Gasteiger partial charge in [-0.25, -0.2) is 4.79 Å². The van der Waals surface area contributed by atoms with Crippen LogP contribution in [0.4, 0.5) is 5.69 Å². The third-order valence-corrected chi connectivity index (χ3v) is 7.79. The third kappa shape index (κ3) is 7.33. The molecule has 1 saturated heterocycles. The van der Waals surface area contributed by atoms with E-state index in [2.05, 4.69) is 18.8 Å². The molecule has 3 rings (SSSR count). The Hall–Kier alpha value is -2.37. The van der Waals surface area contributed by atoms with E-state index in [1.807, 2.05) is 33.8 Å². The lowest BCUT2D eigenvalue weighted by Crippen LogP contribution is -2.48. The standard InChI is InChI=1S/C28H40N2O5S/c1-19-7-9-21(10-8-19)26(32)30(18-20(2)25(31)29-13-15-35-16-14-29)23-17-22(11-12-28(3,4)5)36-24(23)27(33)34-6/h17,19-21H,7-10,13-16,18H2,1-6H3. The molecule has 2 fully saturated rings. The number of hydrogen-bond acceptors (Lipinski definition) is 6. The van der Waals surface area contributed by atoms with Crippen LogP contribution in [0.5, 0.6) is 0 Å². The van der Waals surface area contributed by atoms with Crippen molar-refractivity contribution in [3.63, 3.8) is 0 Å². The summed E-state index contributed by atoms with van der Waals surface area (Å²) in [7, 11) is 1.34. The van der Waals surface area contributed by atoms with Gasteiger partial charge in [0.25, 0.3) is 0 Å². The number of hydrogen-bond donors (Lipinski definition) is 0. The van der Waals surface area contributed by atoms with Crippen LogP contribution in [0.15, 0.2) is 6.07 Å². The van der Waals surface area contributed by atoms with Crippen LogP contribution in [0.3, 0.4) is 0 Å². The van der Waals surface area contributed by atoms with Crippen molar-refractivity contribution in [2.24, 2.45) is 23.2 Å². The second-order valence-corrected chi connectivity index (χ2v) is 12.1. The molecule has 0 spiro atoms. The van der Waals surface area contributed by atoms with Gasteiger partial charge in [0, 0.05) is 31.0 Å². The van der Waals surface area contributed by atoms with Crippen LogP contribution < -0.4 is 4.90 Å². The Morgan fingerprint density at radius 1 is 1.19 bits per heavy atom. The molecule has 1 aliphatic carbocycles. The summed E-state index contributed by atoms with van der Waals surface area (Å²) >= 11 is 1.24. The monoisotopic (exact) mass is 516 g/mol. The number of carbonyl (C=O) groups excluding carboxylic acids is 3. The normalized spacial score (nSPS) is 21.2. The van der Waals surface area contributed by atoms with Crippen molar-refractivity contribution in [3.8, 4) is 11.8 Å². The van der Waals surface area contributed by atoms with Gasteiger partial charge in [0.05, 0.1) is 36.8 Å². The maximum absolute atomic E-state index is 13.9. The van der Waals surface area contributed by atoms with E-state index in [9.17, 15) is 14.4 Å². The molecule has 0 radical (unpaired) electrons. The average molecular weight is 517 g/mol. The van der Waals surface area contributed by atoms with Crippen molar-refractivity contribution >= 4 is 34.8 Å². The first-order chi connectivity index (χ1) is 17.0. The second-order valence-electron chi connectivity index (χ2n) is 11.1. The number of carbonyl (C=O) groups is 3. The molecule has 2 amide bonds. The van der Waals surface area contributed by atoms with Crippen LogP contribution in [0.1, 0.15) is 74.9 Å². The van der Waals surface area contributed by atoms with E-state index >= 15 is 0 Å². The molecule has 1 unspecified atom stereocenters. The van der Waals surface area contributed by atoms with Gasteiger partial charge in [0.1, 0.15) is 4.88 Å². The Morgan fingerprint density at radius 3 is 2.42 bits per heavy atom. The smallest absolute Gasteiger partial charge is 0.350 e. The van der Waals surface area contributed by atoms with Crippen LogP contribution in [-0.2, 0) is 19.1 Å². The largest absolute Gasteiger partial charge is 0.465 e. The summed E-state index contributed by atoms with van der Waals surface area (Å²) in [6.45, 7) is 12.5. The lowest BCUT2D eigenvalue weighted by molar-refractivity contribution is -0.138. The first-order valence-electron chi connectivity index (χ1n) is 12.9. The Labute approximate surface area is 219 Å². The Balaban J connectivity index is 1.97. The molecule has 0 aromatic carbocycles. The molecule has 0 N–H and O–H groups in total. The van der Waals surface area contributed by atoms with Gasteiger partial charge in [0.2, 0.25) is 11.8 Å². The maximum atomic E-state index is 13.9. The summed E-state index contributed by atoms with van der Waals surface area (Å²) in [5.41, 5.74) is 0.290. The highest BCUT2D eigenvalue weighted by molar-refractivity contribution is 7.15. The summed E-state index contributed by atoms with van der Waals surface area (Å²) in [6, 6.07) is 1.81. The van der Waals surface area contributed by atoms with Crippen molar-refractivity contribution in [1.29, 1.82) is 0 Å². The molecule has 8 heteroatoms. The van der Waals surface area contributed by atoms with Gasteiger partial charge in [-0.3, -0.25) is 9.59 Å². The van der Waals surface area contributed by atoms with E-state index in [0.717, 1.165) is 25.7 Å². The Morgan fingerprint density at radius 2 is 1.83 bits per heavy atom. The zero-order valence-corrected chi connectivity index (χ0v) is 23.3. The van der Waals surface area contributed by atoms with E-state index in [1.165, 1.54) is 18.4 Å². The molecule has 36 heavy (non-hydrogen) atoms. The minimum Gasteiger partial charge on any atom is -0.465 e. The fourth-order valence-electron chi connectivity index (χ4n) is 4.61. The number of amides is 2. The van der Waals surface area contributed by atoms with Gasteiger partial charge in [-0.2, -0.15) is 0 Å².